The molecular weight excluding hydrogens is 296 g/mol. The number of fused-ring (bicyclic) bond motifs is 1. The normalized spacial score (nSPS) is 10.7. The molecule has 4 rings (SSSR count). The van der Waals surface area contributed by atoms with Crippen molar-refractivity contribution in [2.45, 2.75) is 6.92 Å². The van der Waals surface area contributed by atoms with Gasteiger partial charge < -0.3 is 0 Å². The minimum absolute atomic E-state index is 0.671. The first-order valence-corrected chi connectivity index (χ1v) is 7.66. The molecule has 4 nitrogen and oxygen atoms in total. The summed E-state index contributed by atoms with van der Waals surface area (Å²) in [5.41, 5.74) is 6.46. The fourth-order valence-corrected chi connectivity index (χ4v) is 2.87. The van der Waals surface area contributed by atoms with E-state index in [-0.39, 0.29) is 0 Å². The van der Waals surface area contributed by atoms with E-state index in [1.54, 1.807) is 6.33 Å². The zero-order valence-corrected chi connectivity index (χ0v) is 13.1. The highest BCUT2D eigenvalue weighted by molar-refractivity contribution is 5.76. The minimum atomic E-state index is 0.671. The van der Waals surface area contributed by atoms with Gasteiger partial charge in [0.2, 0.25) is 0 Å². The average Bonchev–Trinajstić information content (AvgIpc) is 3.04. The van der Waals surface area contributed by atoms with Crippen LogP contribution in [0, 0.1) is 18.3 Å². The van der Waals surface area contributed by atoms with Crippen molar-refractivity contribution in [3.63, 3.8) is 0 Å². The van der Waals surface area contributed by atoms with Crippen LogP contribution in [0.4, 0.5) is 0 Å². The molecule has 0 radical (unpaired) electrons. The maximum absolute atomic E-state index is 9.33. The van der Waals surface area contributed by atoms with Crippen LogP contribution in [-0.4, -0.2) is 14.4 Å². The summed E-state index contributed by atoms with van der Waals surface area (Å²) in [5, 5.41) is 9.33. The topological polar surface area (TPSA) is 54.0 Å². The molecule has 24 heavy (non-hydrogen) atoms. The molecule has 4 aromatic rings. The van der Waals surface area contributed by atoms with Crippen LogP contribution in [0.2, 0.25) is 0 Å². The first-order chi connectivity index (χ1) is 11.8. The Morgan fingerprint density at radius 1 is 0.958 bits per heavy atom. The van der Waals surface area contributed by atoms with Crippen LogP contribution < -0.4 is 0 Å². The molecule has 0 amide bonds. The molecule has 0 aliphatic carbocycles. The number of benzene rings is 2. The third-order valence-corrected chi connectivity index (χ3v) is 4.06. The molecule has 0 bridgehead atoms. The molecule has 2 heterocycles. The number of aromatic nitrogens is 3. The first-order valence-electron chi connectivity index (χ1n) is 7.66. The third-order valence-electron chi connectivity index (χ3n) is 4.06. The summed E-state index contributed by atoms with van der Waals surface area (Å²) in [6.07, 6.45) is 3.65. The second-order valence-corrected chi connectivity index (χ2v) is 5.64. The van der Waals surface area contributed by atoms with Gasteiger partial charge in [-0.25, -0.2) is 9.97 Å². The van der Waals surface area contributed by atoms with Crippen LogP contribution in [0.3, 0.4) is 0 Å². The van der Waals surface area contributed by atoms with Crippen molar-refractivity contribution in [1.82, 2.24) is 14.4 Å². The van der Waals surface area contributed by atoms with E-state index < -0.39 is 0 Å². The molecule has 114 valence electrons. The molecule has 0 atom stereocenters. The predicted molar refractivity (Wildman–Crippen MR) is 93.3 cm³/mol. The lowest BCUT2D eigenvalue weighted by Crippen LogP contribution is -1.92. The summed E-state index contributed by atoms with van der Waals surface area (Å²) in [6.45, 7) is 1.95. The Labute approximate surface area is 139 Å². The maximum atomic E-state index is 9.33. The predicted octanol–water partition coefficient (Wildman–Crippen LogP) is 4.24. The van der Waals surface area contributed by atoms with Crippen LogP contribution in [0.1, 0.15) is 11.3 Å². The van der Waals surface area contributed by atoms with E-state index in [4.69, 9.17) is 0 Å². The summed E-state index contributed by atoms with van der Waals surface area (Å²) in [6, 6.07) is 20.0. The Morgan fingerprint density at radius 2 is 1.79 bits per heavy atom. The van der Waals surface area contributed by atoms with Crippen LogP contribution in [-0.2, 0) is 0 Å². The lowest BCUT2D eigenvalue weighted by Gasteiger charge is -2.07. The van der Waals surface area contributed by atoms with E-state index in [1.165, 1.54) is 0 Å². The maximum Gasteiger partial charge on any atom is 0.140 e. The molecule has 0 unspecified atom stereocenters. The summed E-state index contributed by atoms with van der Waals surface area (Å²) in [7, 11) is 0. The van der Waals surface area contributed by atoms with E-state index in [0.29, 0.717) is 5.56 Å². The molecule has 2 aromatic heterocycles. The quantitative estimate of drug-likeness (QED) is 0.556. The largest absolute Gasteiger partial charge is 0.283 e. The lowest BCUT2D eigenvalue weighted by atomic mass is 9.98. The molecule has 0 aliphatic heterocycles. The van der Waals surface area contributed by atoms with E-state index in [1.807, 2.05) is 66.1 Å². The van der Waals surface area contributed by atoms with Crippen molar-refractivity contribution in [3.05, 3.63) is 78.4 Å². The number of rotatable bonds is 2. The zero-order chi connectivity index (χ0) is 16.5. The molecule has 0 aliphatic rings. The molecule has 0 spiro atoms. The van der Waals surface area contributed by atoms with Gasteiger partial charge in [0.15, 0.2) is 0 Å². The number of hydrogen-bond donors (Lipinski definition) is 0. The lowest BCUT2D eigenvalue weighted by molar-refractivity contribution is 1.05. The fourth-order valence-electron chi connectivity index (χ4n) is 2.87. The molecular formula is C20H14N4. The summed E-state index contributed by atoms with van der Waals surface area (Å²) in [4.78, 5) is 8.82. The Kier molecular flexibility index (Phi) is 3.33. The van der Waals surface area contributed by atoms with Crippen molar-refractivity contribution >= 4 is 5.65 Å². The molecule has 0 saturated heterocycles. The Bertz CT molecular complexity index is 1090. The van der Waals surface area contributed by atoms with Gasteiger partial charge in [-0.3, -0.25) is 4.40 Å². The molecule has 4 heteroatoms. The Hall–Kier alpha value is -3.45. The second kappa shape index (κ2) is 5.64. The van der Waals surface area contributed by atoms with Crippen molar-refractivity contribution in [2.75, 3.05) is 0 Å². The Morgan fingerprint density at radius 3 is 2.67 bits per heavy atom. The highest BCUT2D eigenvalue weighted by Gasteiger charge is 2.09. The smallest absolute Gasteiger partial charge is 0.140 e. The monoisotopic (exact) mass is 310 g/mol. The van der Waals surface area contributed by atoms with Crippen LogP contribution in [0.15, 0.2) is 67.1 Å². The van der Waals surface area contributed by atoms with Crippen molar-refractivity contribution in [1.29, 1.82) is 5.26 Å². The zero-order valence-electron chi connectivity index (χ0n) is 13.1. The Balaban J connectivity index is 1.87. The third kappa shape index (κ3) is 2.33. The SMILES string of the molecule is Cc1cc2ncc(-c3cccc(-c4ccccc4C#N)c3)n2cn1. The van der Waals surface area contributed by atoms with Crippen LogP contribution in [0.25, 0.3) is 28.0 Å². The highest BCUT2D eigenvalue weighted by Crippen LogP contribution is 2.28. The van der Waals surface area contributed by atoms with Gasteiger partial charge in [-0.1, -0.05) is 36.4 Å². The summed E-state index contributed by atoms with van der Waals surface area (Å²) >= 11 is 0. The van der Waals surface area contributed by atoms with Crippen molar-refractivity contribution in [2.24, 2.45) is 0 Å². The van der Waals surface area contributed by atoms with Crippen molar-refractivity contribution in [3.8, 4) is 28.5 Å². The first kappa shape index (κ1) is 14.2. The van der Waals surface area contributed by atoms with E-state index in [0.717, 1.165) is 33.7 Å². The molecule has 0 fully saturated rings. The molecule has 0 saturated carbocycles. The average molecular weight is 310 g/mol. The standard InChI is InChI=1S/C20H14N4/c1-14-9-20-22-12-19(24(20)13-23-14)16-7-4-6-15(10-16)18-8-3-2-5-17(18)11-21/h2-10,12-13H,1H3. The van der Waals surface area contributed by atoms with Crippen LogP contribution >= 0.6 is 0 Å². The number of nitriles is 1. The fraction of sp³-hybridized carbons (Fsp3) is 0.0500. The number of hydrogen-bond acceptors (Lipinski definition) is 3. The van der Waals surface area contributed by atoms with Gasteiger partial charge in [0.25, 0.3) is 0 Å². The summed E-state index contributed by atoms with van der Waals surface area (Å²) < 4.78 is 1.97. The van der Waals surface area contributed by atoms with Gasteiger partial charge >= 0.3 is 0 Å². The van der Waals surface area contributed by atoms with Crippen LogP contribution in [0.5, 0.6) is 0 Å². The summed E-state index contributed by atoms with van der Waals surface area (Å²) in [5.74, 6) is 0. The minimum Gasteiger partial charge on any atom is -0.283 e. The van der Waals surface area contributed by atoms with Gasteiger partial charge in [0.05, 0.1) is 23.5 Å². The van der Waals surface area contributed by atoms with Gasteiger partial charge in [0.1, 0.15) is 12.0 Å². The van der Waals surface area contributed by atoms with E-state index in [2.05, 4.69) is 22.1 Å². The van der Waals surface area contributed by atoms with E-state index >= 15 is 0 Å². The second-order valence-electron chi connectivity index (χ2n) is 5.64. The van der Waals surface area contributed by atoms with Crippen molar-refractivity contribution < 1.29 is 0 Å². The number of imidazole rings is 1. The molecule has 2 aromatic carbocycles. The highest BCUT2D eigenvalue weighted by atomic mass is 15.0. The number of aryl methyl sites for hydroxylation is 1. The van der Waals surface area contributed by atoms with E-state index in [9.17, 15) is 5.26 Å². The number of nitrogens with zero attached hydrogens (tertiary/aromatic N) is 4. The van der Waals surface area contributed by atoms with Gasteiger partial charge in [-0.15, -0.1) is 0 Å². The van der Waals surface area contributed by atoms with Gasteiger partial charge in [0, 0.05) is 17.3 Å². The molecule has 0 N–H and O–H groups in total. The van der Waals surface area contributed by atoms with Gasteiger partial charge in [-0.2, -0.15) is 5.26 Å². The van der Waals surface area contributed by atoms with Gasteiger partial charge in [-0.05, 0) is 30.2 Å².